The molecule has 1 rings (SSSR count). The molecular weight excluding hydrogens is 356 g/mol. The fourth-order valence-electron chi connectivity index (χ4n) is 1.13. The summed E-state index contributed by atoms with van der Waals surface area (Å²) < 4.78 is 4.14. The third-order valence-corrected chi connectivity index (χ3v) is 3.30. The molecule has 0 spiro atoms. The Bertz CT molecular complexity index is 425. The smallest absolute Gasteiger partial charge is 0.320 e. The summed E-state index contributed by atoms with van der Waals surface area (Å²) in [4.78, 5) is 22.9. The summed E-state index contributed by atoms with van der Waals surface area (Å²) in [6.07, 6.45) is 0. The number of alkyl halides is 1. The lowest BCUT2D eigenvalue weighted by molar-refractivity contribution is -0.139. The van der Waals surface area contributed by atoms with Crippen molar-refractivity contribution in [2.24, 2.45) is 0 Å². The Labute approximate surface area is 118 Å². The lowest BCUT2D eigenvalue weighted by Crippen LogP contribution is -2.33. The van der Waals surface area contributed by atoms with Crippen LogP contribution in [0.3, 0.4) is 0 Å². The zero-order chi connectivity index (χ0) is 12.8. The van der Waals surface area contributed by atoms with E-state index in [0.29, 0.717) is 10.6 Å². The Morgan fingerprint density at radius 3 is 2.71 bits per heavy atom. The molecule has 4 nitrogen and oxygen atoms in total. The minimum Gasteiger partial charge on any atom is -0.468 e. The maximum absolute atomic E-state index is 11.7. The van der Waals surface area contributed by atoms with E-state index in [1.54, 1.807) is 24.3 Å². The van der Waals surface area contributed by atoms with Crippen LogP contribution in [0.1, 0.15) is 10.4 Å². The van der Waals surface area contributed by atoms with Gasteiger partial charge in [-0.15, -0.1) is 0 Å². The van der Waals surface area contributed by atoms with Gasteiger partial charge >= 0.3 is 5.97 Å². The molecule has 1 aromatic rings. The quantitative estimate of drug-likeness (QED) is 0.503. The molecule has 1 atom stereocenters. The number of amides is 1. The molecule has 1 N–H and O–H groups in total. The van der Waals surface area contributed by atoms with Crippen LogP contribution in [0.2, 0.25) is 5.02 Å². The Balaban J connectivity index is 2.57. The predicted molar refractivity (Wildman–Crippen MR) is 73.6 cm³/mol. The van der Waals surface area contributed by atoms with Crippen LogP contribution in [-0.2, 0) is 9.53 Å². The van der Waals surface area contributed by atoms with Gasteiger partial charge in [0.2, 0.25) is 0 Å². The van der Waals surface area contributed by atoms with Gasteiger partial charge < -0.3 is 10.1 Å². The highest BCUT2D eigenvalue weighted by Crippen LogP contribution is 2.14. The SMILES string of the molecule is COC(=O)C(I)CNC(=O)c1ccccc1Cl. The number of carbonyl (C=O) groups excluding carboxylic acids is 2. The lowest BCUT2D eigenvalue weighted by Gasteiger charge is -2.09. The third kappa shape index (κ3) is 4.16. The molecule has 1 unspecified atom stereocenters. The van der Waals surface area contributed by atoms with Crippen molar-refractivity contribution in [1.82, 2.24) is 5.32 Å². The van der Waals surface area contributed by atoms with Crippen LogP contribution in [0, 0.1) is 0 Å². The molecule has 0 saturated heterocycles. The van der Waals surface area contributed by atoms with E-state index in [1.807, 2.05) is 22.6 Å². The summed E-state index contributed by atoms with van der Waals surface area (Å²) in [7, 11) is 1.31. The number of nitrogens with one attached hydrogen (secondary N) is 1. The lowest BCUT2D eigenvalue weighted by atomic mass is 10.2. The van der Waals surface area contributed by atoms with Crippen LogP contribution in [0.15, 0.2) is 24.3 Å². The Morgan fingerprint density at radius 1 is 1.47 bits per heavy atom. The summed E-state index contributed by atoms with van der Waals surface area (Å²) >= 11 is 7.78. The van der Waals surface area contributed by atoms with E-state index in [0.717, 1.165) is 0 Å². The molecule has 0 aliphatic rings. The van der Waals surface area contributed by atoms with Crippen molar-refractivity contribution in [2.45, 2.75) is 3.92 Å². The standard InChI is InChI=1S/C11H11ClINO3/c1-17-11(16)9(13)6-14-10(15)7-4-2-3-5-8(7)12/h2-5,9H,6H2,1H3,(H,14,15). The van der Waals surface area contributed by atoms with Gasteiger partial charge in [0.25, 0.3) is 5.91 Å². The normalized spacial score (nSPS) is 11.7. The number of carbonyl (C=O) groups is 2. The monoisotopic (exact) mass is 367 g/mol. The number of hydrogen-bond donors (Lipinski definition) is 1. The highest BCUT2D eigenvalue weighted by atomic mass is 127. The Kier molecular flexibility index (Phi) is 5.70. The average Bonchev–Trinajstić information content (AvgIpc) is 2.35. The van der Waals surface area contributed by atoms with Gasteiger partial charge in [-0.25, -0.2) is 0 Å². The van der Waals surface area contributed by atoms with Crippen LogP contribution in [0.25, 0.3) is 0 Å². The first-order chi connectivity index (χ1) is 8.06. The van der Waals surface area contributed by atoms with Crippen molar-refractivity contribution in [3.05, 3.63) is 34.9 Å². The van der Waals surface area contributed by atoms with Crippen molar-refractivity contribution >= 4 is 46.1 Å². The number of rotatable bonds is 4. The molecule has 0 fully saturated rings. The van der Waals surface area contributed by atoms with Gasteiger partial charge in [0.1, 0.15) is 3.92 Å². The van der Waals surface area contributed by atoms with E-state index < -0.39 is 3.92 Å². The number of halogens is 2. The van der Waals surface area contributed by atoms with Gasteiger partial charge in [-0.05, 0) is 12.1 Å². The predicted octanol–water partition coefficient (Wildman–Crippen LogP) is 2.05. The molecule has 1 amide bonds. The molecule has 92 valence electrons. The Hall–Kier alpha value is -0.820. The van der Waals surface area contributed by atoms with Crippen LogP contribution in [-0.4, -0.2) is 29.5 Å². The molecule has 0 aliphatic heterocycles. The number of hydrogen-bond acceptors (Lipinski definition) is 3. The fourth-order valence-corrected chi connectivity index (χ4v) is 1.83. The molecule has 0 bridgehead atoms. The van der Waals surface area contributed by atoms with Crippen molar-refractivity contribution in [1.29, 1.82) is 0 Å². The first kappa shape index (κ1) is 14.2. The van der Waals surface area contributed by atoms with Crippen molar-refractivity contribution in [3.63, 3.8) is 0 Å². The van der Waals surface area contributed by atoms with E-state index in [-0.39, 0.29) is 18.4 Å². The number of methoxy groups -OCH3 is 1. The van der Waals surface area contributed by atoms with Crippen LogP contribution >= 0.6 is 34.2 Å². The molecule has 0 aromatic heterocycles. The second-order valence-corrected chi connectivity index (χ2v) is 5.09. The minimum atomic E-state index is -0.413. The van der Waals surface area contributed by atoms with Gasteiger partial charge in [0.05, 0.1) is 17.7 Å². The molecule has 0 radical (unpaired) electrons. The summed E-state index contributed by atoms with van der Waals surface area (Å²) in [5, 5.41) is 3.01. The topological polar surface area (TPSA) is 55.4 Å². The van der Waals surface area contributed by atoms with E-state index >= 15 is 0 Å². The second kappa shape index (κ2) is 6.80. The van der Waals surface area contributed by atoms with Gasteiger partial charge in [-0.1, -0.05) is 46.3 Å². The second-order valence-electron chi connectivity index (χ2n) is 3.18. The molecule has 0 aliphatic carbocycles. The zero-order valence-electron chi connectivity index (χ0n) is 9.07. The largest absolute Gasteiger partial charge is 0.468 e. The van der Waals surface area contributed by atoms with Crippen molar-refractivity contribution in [3.8, 4) is 0 Å². The van der Waals surface area contributed by atoms with Gasteiger partial charge in [-0.2, -0.15) is 0 Å². The number of benzene rings is 1. The van der Waals surface area contributed by atoms with E-state index in [9.17, 15) is 9.59 Å². The van der Waals surface area contributed by atoms with Crippen molar-refractivity contribution in [2.75, 3.05) is 13.7 Å². The summed E-state index contributed by atoms with van der Waals surface area (Å²) in [6, 6.07) is 6.73. The molecule has 6 heteroatoms. The number of ether oxygens (including phenoxy) is 1. The molecular formula is C11H11ClINO3. The highest BCUT2D eigenvalue weighted by Gasteiger charge is 2.17. The molecule has 0 saturated carbocycles. The molecule has 17 heavy (non-hydrogen) atoms. The Morgan fingerprint density at radius 2 is 2.12 bits per heavy atom. The minimum absolute atomic E-state index is 0.206. The highest BCUT2D eigenvalue weighted by molar-refractivity contribution is 14.1. The molecule has 1 aromatic carbocycles. The van der Waals surface area contributed by atoms with Gasteiger partial charge in [0, 0.05) is 6.54 Å². The zero-order valence-corrected chi connectivity index (χ0v) is 12.0. The van der Waals surface area contributed by atoms with E-state index in [4.69, 9.17) is 11.6 Å². The summed E-state index contributed by atoms with van der Waals surface area (Å²) in [6.45, 7) is 0.206. The third-order valence-electron chi connectivity index (χ3n) is 2.02. The molecule has 0 heterocycles. The van der Waals surface area contributed by atoms with Crippen molar-refractivity contribution < 1.29 is 14.3 Å². The first-order valence-corrected chi connectivity index (χ1v) is 6.43. The summed E-state index contributed by atoms with van der Waals surface area (Å²) in [5.41, 5.74) is 0.391. The average molecular weight is 368 g/mol. The van der Waals surface area contributed by atoms with E-state index in [1.165, 1.54) is 7.11 Å². The van der Waals surface area contributed by atoms with Crippen LogP contribution in [0.4, 0.5) is 0 Å². The van der Waals surface area contributed by atoms with Gasteiger partial charge in [0.15, 0.2) is 0 Å². The van der Waals surface area contributed by atoms with Crippen LogP contribution in [0.5, 0.6) is 0 Å². The number of esters is 1. The fraction of sp³-hybridized carbons (Fsp3) is 0.273. The first-order valence-electron chi connectivity index (χ1n) is 4.81. The van der Waals surface area contributed by atoms with E-state index in [2.05, 4.69) is 10.1 Å². The maximum Gasteiger partial charge on any atom is 0.320 e. The maximum atomic E-state index is 11.7. The van der Waals surface area contributed by atoms with Gasteiger partial charge in [-0.3, -0.25) is 9.59 Å². The van der Waals surface area contributed by atoms with Crippen LogP contribution < -0.4 is 5.32 Å². The summed E-state index contributed by atoms with van der Waals surface area (Å²) in [5.74, 6) is -0.675.